The number of hydrogen-bond acceptors (Lipinski definition) is 9. The van der Waals surface area contributed by atoms with Gasteiger partial charge in [0.05, 0.1) is 61.2 Å². The van der Waals surface area contributed by atoms with Crippen LogP contribution in [0.4, 0.5) is 5.69 Å². The van der Waals surface area contributed by atoms with E-state index in [2.05, 4.69) is 27.8 Å². The summed E-state index contributed by atoms with van der Waals surface area (Å²) in [6.07, 6.45) is 0.517. The van der Waals surface area contributed by atoms with Crippen molar-refractivity contribution >= 4 is 56.1 Å². The zero-order valence-corrected chi connectivity index (χ0v) is 28.2. The van der Waals surface area contributed by atoms with Gasteiger partial charge in [0.25, 0.3) is 5.56 Å². The lowest BCUT2D eigenvalue weighted by Gasteiger charge is -2.16. The molecule has 0 saturated heterocycles. The van der Waals surface area contributed by atoms with Gasteiger partial charge in [0, 0.05) is 40.9 Å². The van der Waals surface area contributed by atoms with Gasteiger partial charge in [0.1, 0.15) is 18.1 Å². The van der Waals surface area contributed by atoms with Gasteiger partial charge in [0.2, 0.25) is 5.91 Å². The van der Waals surface area contributed by atoms with Crippen LogP contribution in [0.25, 0.3) is 32.7 Å². The fourth-order valence-electron chi connectivity index (χ4n) is 5.65. The van der Waals surface area contributed by atoms with E-state index in [-0.39, 0.29) is 18.0 Å². The Balaban J connectivity index is 0.933. The van der Waals surface area contributed by atoms with Crippen molar-refractivity contribution in [3.63, 3.8) is 0 Å². The van der Waals surface area contributed by atoms with Crippen LogP contribution < -0.4 is 20.9 Å². The molecule has 0 aliphatic rings. The molecule has 6 rings (SSSR count). The van der Waals surface area contributed by atoms with Crippen LogP contribution in [-0.2, 0) is 27.2 Å². The minimum atomic E-state index is -0.292. The molecular formula is C38H39N5O5S. The number of carbonyl (C=O) groups is 1. The molecule has 4 aromatic carbocycles. The van der Waals surface area contributed by atoms with Crippen molar-refractivity contribution in [3.05, 3.63) is 113 Å². The number of amides is 1. The number of rotatable bonds is 17. The number of thioether (sulfide) groups is 1. The number of aryl methyl sites for hydroxylation is 1. The van der Waals surface area contributed by atoms with Crippen molar-refractivity contribution in [2.45, 2.75) is 17.9 Å². The third-order valence-corrected chi connectivity index (χ3v) is 8.98. The highest BCUT2D eigenvalue weighted by atomic mass is 32.2. The topological polar surface area (TPSA) is 117 Å². The van der Waals surface area contributed by atoms with Crippen LogP contribution in [0.2, 0.25) is 0 Å². The molecule has 0 fully saturated rings. The molecule has 6 aromatic rings. The summed E-state index contributed by atoms with van der Waals surface area (Å²) in [6, 6.07) is 31.3. The third-order valence-electron chi connectivity index (χ3n) is 7.98. The minimum absolute atomic E-state index is 0.0467. The molecule has 2 aromatic heterocycles. The molecule has 11 heteroatoms. The van der Waals surface area contributed by atoms with E-state index in [1.807, 2.05) is 77.4 Å². The lowest BCUT2D eigenvalue weighted by atomic mass is 10.1. The largest absolute Gasteiger partial charge is 0.497 e. The van der Waals surface area contributed by atoms with E-state index in [1.165, 1.54) is 0 Å². The second kappa shape index (κ2) is 16.9. The Hall–Kier alpha value is -4.97. The number of para-hydroxylation sites is 3. The lowest BCUT2D eigenvalue weighted by Crippen LogP contribution is -2.33. The first-order chi connectivity index (χ1) is 24.1. The molecule has 10 nitrogen and oxygen atoms in total. The normalized spacial score (nSPS) is 11.3. The van der Waals surface area contributed by atoms with Crippen molar-refractivity contribution in [2.24, 2.45) is 0 Å². The van der Waals surface area contributed by atoms with E-state index in [4.69, 9.17) is 19.2 Å². The zero-order chi connectivity index (χ0) is 33.8. The van der Waals surface area contributed by atoms with Crippen LogP contribution >= 0.6 is 11.8 Å². The van der Waals surface area contributed by atoms with E-state index in [9.17, 15) is 9.59 Å². The monoisotopic (exact) mass is 677 g/mol. The summed E-state index contributed by atoms with van der Waals surface area (Å²) in [7, 11) is 1.64. The molecule has 252 valence electrons. The number of fused-ring (bicyclic) bond motifs is 3. The Labute approximate surface area is 288 Å². The Kier molecular flexibility index (Phi) is 11.7. The first kappa shape index (κ1) is 33.9. The molecule has 0 bridgehead atoms. The summed E-state index contributed by atoms with van der Waals surface area (Å²) in [5, 5.41) is 9.10. The fourth-order valence-corrected chi connectivity index (χ4v) is 6.54. The number of nitrogens with zero attached hydrogens (tertiary/aromatic N) is 3. The molecule has 0 unspecified atom stereocenters. The smallest absolute Gasteiger partial charge is 0.280 e. The van der Waals surface area contributed by atoms with E-state index in [1.54, 1.807) is 31.0 Å². The molecule has 0 atom stereocenters. The predicted octanol–water partition coefficient (Wildman–Crippen LogP) is 5.70. The van der Waals surface area contributed by atoms with Crippen LogP contribution in [0.15, 0.2) is 107 Å². The number of aromatic nitrogens is 3. The number of ether oxygens (including phenoxy) is 3. The van der Waals surface area contributed by atoms with Gasteiger partial charge >= 0.3 is 0 Å². The number of methoxy groups -OCH3 is 1. The van der Waals surface area contributed by atoms with E-state index in [0.29, 0.717) is 68.4 Å². The molecule has 0 aliphatic heterocycles. The van der Waals surface area contributed by atoms with Gasteiger partial charge in [-0.15, -0.1) is 11.8 Å². The van der Waals surface area contributed by atoms with Crippen LogP contribution in [0, 0.1) is 0 Å². The first-order valence-electron chi connectivity index (χ1n) is 16.3. The maximum Gasteiger partial charge on any atom is 0.280 e. The van der Waals surface area contributed by atoms with Gasteiger partial charge in [-0.2, -0.15) is 4.98 Å². The average Bonchev–Trinajstić information content (AvgIpc) is 3.13. The number of hydrogen-bond donors (Lipinski definition) is 2. The summed E-state index contributed by atoms with van der Waals surface area (Å²) in [6.45, 7) is 2.78. The van der Waals surface area contributed by atoms with Crippen molar-refractivity contribution in [3.8, 4) is 5.75 Å². The Morgan fingerprint density at radius 2 is 1.45 bits per heavy atom. The molecule has 1 amide bonds. The standard InChI is InChI=1S/C38H39N5O5S/c1-46-27-9-8-10-28(25-27)49-24-17-35-42-38(45)31-13-4-7-16-34(31)43(35)26-36(44)39-18-20-47-22-23-48-21-19-40-37-29-11-2-5-14-32(29)41-33-15-6-3-12-30(33)37/h2-16,25H,17-24,26H2,1H3,(H,39,44)(H,40,41). The highest BCUT2D eigenvalue weighted by Crippen LogP contribution is 2.30. The number of carbonyl (C=O) groups excluding carboxylic acids is 1. The summed E-state index contributed by atoms with van der Waals surface area (Å²) in [4.78, 5) is 36.0. The highest BCUT2D eigenvalue weighted by molar-refractivity contribution is 7.99. The van der Waals surface area contributed by atoms with Gasteiger partial charge in [-0.05, 0) is 42.5 Å². The predicted molar refractivity (Wildman–Crippen MR) is 196 cm³/mol. The van der Waals surface area contributed by atoms with E-state index in [0.717, 1.165) is 38.1 Å². The SMILES string of the molecule is COc1cccc(SCCc2nc(=O)c3ccccc3n2CC(=O)NCCOCCOCCNc2c3ccccc3nc3ccccc23)c1. The Morgan fingerprint density at radius 1 is 0.776 bits per heavy atom. The van der Waals surface area contributed by atoms with Crippen molar-refractivity contribution in [2.75, 3.05) is 57.7 Å². The van der Waals surface area contributed by atoms with Crippen LogP contribution in [-0.4, -0.2) is 72.8 Å². The molecule has 0 spiro atoms. The number of pyridine rings is 1. The minimum Gasteiger partial charge on any atom is -0.497 e. The molecule has 2 heterocycles. The summed E-state index contributed by atoms with van der Waals surface area (Å²) in [5.41, 5.74) is 3.36. The van der Waals surface area contributed by atoms with Gasteiger partial charge in [-0.1, -0.05) is 54.6 Å². The highest BCUT2D eigenvalue weighted by Gasteiger charge is 2.14. The first-order valence-corrected chi connectivity index (χ1v) is 17.3. The quantitative estimate of drug-likeness (QED) is 0.0712. The fraction of sp³-hybridized carbons (Fsp3) is 0.263. The maximum absolute atomic E-state index is 13.0. The molecule has 2 N–H and O–H groups in total. The molecule has 0 aliphatic carbocycles. The number of nitrogens with one attached hydrogen (secondary N) is 2. The van der Waals surface area contributed by atoms with Crippen molar-refractivity contribution in [1.82, 2.24) is 19.9 Å². The second-order valence-electron chi connectivity index (χ2n) is 11.2. The average molecular weight is 678 g/mol. The summed E-state index contributed by atoms with van der Waals surface area (Å²) >= 11 is 1.64. The van der Waals surface area contributed by atoms with Gasteiger partial charge in [-0.25, -0.2) is 4.98 Å². The van der Waals surface area contributed by atoms with Crippen LogP contribution in [0.5, 0.6) is 5.75 Å². The summed E-state index contributed by atoms with van der Waals surface area (Å²) in [5.74, 6) is 1.86. The Morgan fingerprint density at radius 3 is 2.18 bits per heavy atom. The van der Waals surface area contributed by atoms with Crippen molar-refractivity contribution < 1.29 is 19.0 Å². The van der Waals surface area contributed by atoms with Gasteiger partial charge in [0.15, 0.2) is 0 Å². The molecule has 49 heavy (non-hydrogen) atoms. The second-order valence-corrected chi connectivity index (χ2v) is 12.4. The van der Waals surface area contributed by atoms with Gasteiger partial charge in [-0.3, -0.25) is 9.59 Å². The van der Waals surface area contributed by atoms with Crippen molar-refractivity contribution in [1.29, 1.82) is 0 Å². The number of anilines is 1. The number of benzene rings is 4. The van der Waals surface area contributed by atoms with Crippen LogP contribution in [0.3, 0.4) is 0 Å². The molecule has 0 radical (unpaired) electrons. The Bertz CT molecular complexity index is 2050. The van der Waals surface area contributed by atoms with Crippen LogP contribution in [0.1, 0.15) is 5.82 Å². The third kappa shape index (κ3) is 8.74. The van der Waals surface area contributed by atoms with E-state index < -0.39 is 0 Å². The van der Waals surface area contributed by atoms with E-state index >= 15 is 0 Å². The summed E-state index contributed by atoms with van der Waals surface area (Å²) < 4.78 is 18.6. The zero-order valence-electron chi connectivity index (χ0n) is 27.4. The lowest BCUT2D eigenvalue weighted by molar-refractivity contribution is -0.121. The molecule has 0 saturated carbocycles. The van der Waals surface area contributed by atoms with Gasteiger partial charge < -0.3 is 29.4 Å². The molecular weight excluding hydrogens is 639 g/mol. The maximum atomic E-state index is 13.0.